The summed E-state index contributed by atoms with van der Waals surface area (Å²) in [6.07, 6.45) is -0.998. The SMILES string of the molecule is CN(Cc1cc2nc(C#N)ccc2n1COCC[Si](C)(C)C)C(=O)O. The average molecular weight is 360 g/mol. The van der Waals surface area contributed by atoms with Crippen LogP contribution < -0.4 is 0 Å². The molecular weight excluding hydrogens is 336 g/mol. The first kappa shape index (κ1) is 19.0. The van der Waals surface area contributed by atoms with Crippen molar-refractivity contribution in [3.63, 3.8) is 0 Å². The first-order valence-electron chi connectivity index (χ1n) is 8.12. The number of pyridine rings is 1. The van der Waals surface area contributed by atoms with Gasteiger partial charge in [0.05, 0.1) is 17.6 Å². The van der Waals surface area contributed by atoms with E-state index in [0.717, 1.165) is 17.3 Å². The van der Waals surface area contributed by atoms with E-state index in [4.69, 9.17) is 15.1 Å². The lowest BCUT2D eigenvalue weighted by molar-refractivity contribution is 0.0865. The van der Waals surface area contributed by atoms with E-state index in [-0.39, 0.29) is 6.54 Å². The van der Waals surface area contributed by atoms with E-state index in [1.165, 1.54) is 11.9 Å². The second kappa shape index (κ2) is 7.67. The molecule has 0 saturated heterocycles. The number of aromatic nitrogens is 2. The molecular formula is C17H24N4O3Si. The van der Waals surface area contributed by atoms with Gasteiger partial charge in [-0.25, -0.2) is 9.78 Å². The van der Waals surface area contributed by atoms with Crippen molar-refractivity contribution in [3.05, 3.63) is 29.6 Å². The van der Waals surface area contributed by atoms with E-state index >= 15 is 0 Å². The molecule has 1 N–H and O–H groups in total. The summed E-state index contributed by atoms with van der Waals surface area (Å²) in [4.78, 5) is 16.6. The molecule has 0 unspecified atom stereocenters. The number of rotatable bonds is 7. The Morgan fingerprint density at radius 3 is 2.76 bits per heavy atom. The molecule has 0 saturated carbocycles. The van der Waals surface area contributed by atoms with Gasteiger partial charge in [0.1, 0.15) is 18.5 Å². The van der Waals surface area contributed by atoms with E-state index in [2.05, 4.69) is 24.6 Å². The highest BCUT2D eigenvalue weighted by atomic mass is 28.3. The maximum Gasteiger partial charge on any atom is 0.407 e. The average Bonchev–Trinajstić information content (AvgIpc) is 2.86. The van der Waals surface area contributed by atoms with E-state index in [1.807, 2.05) is 22.8 Å². The minimum absolute atomic E-state index is 0.227. The lowest BCUT2D eigenvalue weighted by Gasteiger charge is -2.18. The molecule has 0 aromatic carbocycles. The van der Waals surface area contributed by atoms with Gasteiger partial charge in [0.15, 0.2) is 0 Å². The molecule has 2 aromatic heterocycles. The number of carboxylic acid groups (broad SMARTS) is 1. The molecule has 1 amide bonds. The van der Waals surface area contributed by atoms with Crippen LogP contribution in [0, 0.1) is 11.3 Å². The van der Waals surface area contributed by atoms with Crippen LogP contribution in [-0.2, 0) is 18.0 Å². The van der Waals surface area contributed by atoms with Crippen molar-refractivity contribution in [1.29, 1.82) is 5.26 Å². The Kier molecular flexibility index (Phi) is 5.82. The zero-order chi connectivity index (χ0) is 18.6. The third kappa shape index (κ3) is 5.05. The van der Waals surface area contributed by atoms with Crippen LogP contribution in [0.25, 0.3) is 11.0 Å². The van der Waals surface area contributed by atoms with Crippen LogP contribution in [0.2, 0.25) is 25.7 Å². The van der Waals surface area contributed by atoms with Crippen LogP contribution in [0.3, 0.4) is 0 Å². The largest absolute Gasteiger partial charge is 0.465 e. The highest BCUT2D eigenvalue weighted by molar-refractivity contribution is 6.76. The zero-order valence-electron chi connectivity index (χ0n) is 15.1. The van der Waals surface area contributed by atoms with Crippen molar-refractivity contribution in [2.24, 2.45) is 0 Å². The molecule has 8 heteroatoms. The molecule has 7 nitrogen and oxygen atoms in total. The highest BCUT2D eigenvalue weighted by Crippen LogP contribution is 2.20. The second-order valence-electron chi connectivity index (χ2n) is 7.26. The fraction of sp³-hybridized carbons (Fsp3) is 0.471. The highest BCUT2D eigenvalue weighted by Gasteiger charge is 2.16. The molecule has 134 valence electrons. The van der Waals surface area contributed by atoms with Crippen molar-refractivity contribution in [3.8, 4) is 6.07 Å². The Balaban J connectivity index is 2.27. The molecule has 0 aliphatic carbocycles. The third-order valence-corrected chi connectivity index (χ3v) is 5.60. The number of hydrogen-bond donors (Lipinski definition) is 1. The summed E-state index contributed by atoms with van der Waals surface area (Å²) in [5.74, 6) is 0. The van der Waals surface area contributed by atoms with E-state index in [9.17, 15) is 4.79 Å². The van der Waals surface area contributed by atoms with Gasteiger partial charge in [0, 0.05) is 27.4 Å². The molecule has 0 bridgehead atoms. The predicted octanol–water partition coefficient (Wildman–Crippen LogP) is 3.33. The van der Waals surface area contributed by atoms with Gasteiger partial charge in [-0.2, -0.15) is 5.26 Å². The summed E-state index contributed by atoms with van der Waals surface area (Å²) < 4.78 is 7.76. The van der Waals surface area contributed by atoms with Crippen LogP contribution in [0.1, 0.15) is 11.4 Å². The summed E-state index contributed by atoms with van der Waals surface area (Å²) in [7, 11) is 0.350. The number of fused-ring (bicyclic) bond motifs is 1. The summed E-state index contributed by atoms with van der Waals surface area (Å²) in [6, 6.07) is 8.39. The van der Waals surface area contributed by atoms with Crippen molar-refractivity contribution < 1.29 is 14.6 Å². The molecule has 0 atom stereocenters. The van der Waals surface area contributed by atoms with Crippen LogP contribution in [0.4, 0.5) is 4.79 Å². The first-order valence-corrected chi connectivity index (χ1v) is 11.8. The Labute approximate surface area is 148 Å². The molecule has 25 heavy (non-hydrogen) atoms. The first-order chi connectivity index (χ1) is 11.7. The number of amides is 1. The van der Waals surface area contributed by atoms with Gasteiger partial charge >= 0.3 is 6.09 Å². The molecule has 0 spiro atoms. The second-order valence-corrected chi connectivity index (χ2v) is 12.9. The van der Waals surface area contributed by atoms with Gasteiger partial charge in [-0.05, 0) is 24.2 Å². The van der Waals surface area contributed by atoms with Crippen LogP contribution in [0.15, 0.2) is 18.2 Å². The van der Waals surface area contributed by atoms with Crippen LogP contribution >= 0.6 is 0 Å². The Morgan fingerprint density at radius 2 is 2.16 bits per heavy atom. The van der Waals surface area contributed by atoms with E-state index in [0.29, 0.717) is 24.5 Å². The van der Waals surface area contributed by atoms with Crippen LogP contribution in [0.5, 0.6) is 0 Å². The molecule has 0 fully saturated rings. The normalized spacial score (nSPS) is 11.5. The maximum absolute atomic E-state index is 11.1. The van der Waals surface area contributed by atoms with Crippen molar-refractivity contribution in [2.45, 2.75) is 39.0 Å². The van der Waals surface area contributed by atoms with Crippen molar-refractivity contribution >= 4 is 25.2 Å². The van der Waals surface area contributed by atoms with E-state index in [1.54, 1.807) is 6.07 Å². The molecule has 0 radical (unpaired) electrons. The van der Waals surface area contributed by atoms with Crippen LogP contribution in [-0.4, -0.2) is 47.4 Å². The number of carbonyl (C=O) groups is 1. The predicted molar refractivity (Wildman–Crippen MR) is 98.0 cm³/mol. The Hall–Kier alpha value is -2.37. The zero-order valence-corrected chi connectivity index (χ0v) is 16.1. The number of ether oxygens (including phenoxy) is 1. The topological polar surface area (TPSA) is 91.4 Å². The molecule has 0 aliphatic heterocycles. The maximum atomic E-state index is 11.1. The molecule has 0 aliphatic rings. The van der Waals surface area contributed by atoms with Gasteiger partial charge in [0.2, 0.25) is 0 Å². The lowest BCUT2D eigenvalue weighted by Crippen LogP contribution is -2.26. The van der Waals surface area contributed by atoms with Gasteiger partial charge in [-0.3, -0.25) is 0 Å². The lowest BCUT2D eigenvalue weighted by atomic mass is 10.3. The molecule has 2 aromatic rings. The van der Waals surface area contributed by atoms with Crippen molar-refractivity contribution in [1.82, 2.24) is 14.5 Å². The standard InChI is InChI=1S/C17H24N4O3Si/c1-20(17(22)23)11-14-9-15-16(6-5-13(10-18)19-15)21(14)12-24-7-8-25(2,3)4/h5-6,9H,7-8,11-12H2,1-4H3,(H,22,23). The number of nitriles is 1. The summed E-state index contributed by atoms with van der Waals surface area (Å²) in [5, 5.41) is 18.1. The van der Waals surface area contributed by atoms with Gasteiger partial charge in [0.25, 0.3) is 0 Å². The minimum Gasteiger partial charge on any atom is -0.465 e. The van der Waals surface area contributed by atoms with Gasteiger partial charge in [-0.15, -0.1) is 0 Å². The van der Waals surface area contributed by atoms with Crippen molar-refractivity contribution in [2.75, 3.05) is 13.7 Å². The molecule has 2 heterocycles. The third-order valence-electron chi connectivity index (χ3n) is 3.90. The smallest absolute Gasteiger partial charge is 0.407 e. The van der Waals surface area contributed by atoms with Gasteiger partial charge < -0.3 is 19.3 Å². The monoisotopic (exact) mass is 360 g/mol. The summed E-state index contributed by atoms with van der Waals surface area (Å²) >= 11 is 0. The fourth-order valence-corrected chi connectivity index (χ4v) is 3.14. The Morgan fingerprint density at radius 1 is 1.44 bits per heavy atom. The fourth-order valence-electron chi connectivity index (χ4n) is 2.38. The number of nitrogens with zero attached hydrogens (tertiary/aromatic N) is 4. The van der Waals surface area contributed by atoms with Gasteiger partial charge in [-0.1, -0.05) is 19.6 Å². The quantitative estimate of drug-likeness (QED) is 0.604. The minimum atomic E-state index is -1.17. The summed E-state index contributed by atoms with van der Waals surface area (Å²) in [6.45, 7) is 8.12. The molecule has 2 rings (SSSR count). The summed E-state index contributed by atoms with van der Waals surface area (Å²) in [5.41, 5.74) is 2.63. The Bertz CT molecular complexity index is 805. The number of hydrogen-bond acceptors (Lipinski definition) is 4. The van der Waals surface area contributed by atoms with E-state index < -0.39 is 14.2 Å².